The minimum atomic E-state index is -0.557. The third-order valence-corrected chi connectivity index (χ3v) is 2.56. The van der Waals surface area contributed by atoms with Crippen molar-refractivity contribution >= 4 is 17.5 Å². The Morgan fingerprint density at radius 2 is 2.06 bits per heavy atom. The Hall–Kier alpha value is -1.88. The molecule has 16 heavy (non-hydrogen) atoms. The lowest BCUT2D eigenvalue weighted by Gasteiger charge is -2.28. The molecule has 1 aromatic rings. The Bertz CT molecular complexity index is 431. The largest absolute Gasteiger partial charge is 0.346 e. The molecule has 3 N–H and O–H groups in total. The van der Waals surface area contributed by atoms with E-state index >= 15 is 0 Å². The molecule has 0 aliphatic carbocycles. The molecule has 2 amide bonds. The molecule has 1 aromatic carbocycles. The number of benzene rings is 1. The second-order valence-electron chi connectivity index (χ2n) is 3.55. The molecule has 1 aliphatic rings. The molecule has 2 rings (SSSR count). The monoisotopic (exact) mass is 219 g/mol. The Labute approximate surface area is 93.2 Å². The second-order valence-corrected chi connectivity index (χ2v) is 3.55. The summed E-state index contributed by atoms with van der Waals surface area (Å²) in [5.41, 5.74) is 7.19. The number of nitrogens with one attached hydrogen (secondary N) is 1. The minimum Gasteiger partial charge on any atom is -0.346 e. The molecule has 84 valence electrons. The normalized spacial score (nSPS) is 16.2. The van der Waals surface area contributed by atoms with Crippen molar-refractivity contribution < 1.29 is 9.59 Å². The van der Waals surface area contributed by atoms with Crippen LogP contribution < -0.4 is 16.0 Å². The highest BCUT2D eigenvalue weighted by molar-refractivity contribution is 6.41. The van der Waals surface area contributed by atoms with Crippen LogP contribution in [0.2, 0.25) is 0 Å². The van der Waals surface area contributed by atoms with E-state index in [0.717, 1.165) is 11.3 Å². The van der Waals surface area contributed by atoms with Crippen molar-refractivity contribution in [2.24, 2.45) is 5.73 Å². The van der Waals surface area contributed by atoms with E-state index in [1.807, 2.05) is 18.2 Å². The maximum Gasteiger partial charge on any atom is 0.316 e. The predicted molar refractivity (Wildman–Crippen MR) is 59.7 cm³/mol. The lowest BCUT2D eigenvalue weighted by atomic mass is 10.1. The van der Waals surface area contributed by atoms with E-state index in [4.69, 9.17) is 5.73 Å². The van der Waals surface area contributed by atoms with Crippen LogP contribution in [0.3, 0.4) is 0 Å². The number of nitrogens with zero attached hydrogens (tertiary/aromatic N) is 1. The van der Waals surface area contributed by atoms with Gasteiger partial charge in [-0.05, 0) is 11.6 Å². The molecule has 0 spiro atoms. The van der Waals surface area contributed by atoms with E-state index in [-0.39, 0.29) is 0 Å². The fourth-order valence-electron chi connectivity index (χ4n) is 1.76. The van der Waals surface area contributed by atoms with Crippen LogP contribution in [0.15, 0.2) is 24.3 Å². The van der Waals surface area contributed by atoms with Gasteiger partial charge in [-0.3, -0.25) is 9.59 Å². The number of carbonyl (C=O) groups is 2. The summed E-state index contributed by atoms with van der Waals surface area (Å²) in [4.78, 5) is 24.4. The first kappa shape index (κ1) is 10.6. The highest BCUT2D eigenvalue weighted by Crippen LogP contribution is 2.20. The van der Waals surface area contributed by atoms with Gasteiger partial charge in [0.25, 0.3) is 0 Å². The molecule has 0 bridgehead atoms. The summed E-state index contributed by atoms with van der Waals surface area (Å²) in [6, 6.07) is 7.35. The fourth-order valence-corrected chi connectivity index (χ4v) is 1.76. The van der Waals surface area contributed by atoms with E-state index in [2.05, 4.69) is 5.32 Å². The van der Waals surface area contributed by atoms with E-state index in [9.17, 15) is 9.59 Å². The van der Waals surface area contributed by atoms with Gasteiger partial charge in [0.2, 0.25) is 0 Å². The molecular formula is C11H13N3O2. The molecule has 5 nitrogen and oxygen atoms in total. The zero-order valence-electron chi connectivity index (χ0n) is 8.77. The van der Waals surface area contributed by atoms with Crippen LogP contribution in [0.1, 0.15) is 5.56 Å². The predicted octanol–water partition coefficient (Wildman–Crippen LogP) is -0.392. The van der Waals surface area contributed by atoms with Crippen molar-refractivity contribution in [3.63, 3.8) is 0 Å². The van der Waals surface area contributed by atoms with Crippen molar-refractivity contribution in [3.05, 3.63) is 29.8 Å². The third kappa shape index (κ3) is 1.77. The fraction of sp³-hybridized carbons (Fsp3) is 0.273. The number of hydrogen-bond donors (Lipinski definition) is 2. The first-order valence-corrected chi connectivity index (χ1v) is 5.11. The van der Waals surface area contributed by atoms with Gasteiger partial charge in [-0.15, -0.1) is 0 Å². The van der Waals surface area contributed by atoms with Gasteiger partial charge in [0, 0.05) is 25.3 Å². The number of amides is 2. The van der Waals surface area contributed by atoms with Gasteiger partial charge in [-0.1, -0.05) is 18.2 Å². The van der Waals surface area contributed by atoms with Crippen molar-refractivity contribution in [1.82, 2.24) is 5.32 Å². The highest BCUT2D eigenvalue weighted by atomic mass is 16.2. The molecule has 0 unspecified atom stereocenters. The summed E-state index contributed by atoms with van der Waals surface area (Å²) in [6.45, 7) is 1.31. The molecule has 1 heterocycles. The van der Waals surface area contributed by atoms with E-state index in [1.165, 1.54) is 4.90 Å². The van der Waals surface area contributed by atoms with Gasteiger partial charge in [-0.2, -0.15) is 0 Å². The summed E-state index contributed by atoms with van der Waals surface area (Å²) < 4.78 is 0. The van der Waals surface area contributed by atoms with Crippen molar-refractivity contribution in [2.75, 3.05) is 18.0 Å². The summed E-state index contributed by atoms with van der Waals surface area (Å²) >= 11 is 0. The van der Waals surface area contributed by atoms with Crippen LogP contribution >= 0.6 is 0 Å². The number of para-hydroxylation sites is 1. The zero-order valence-corrected chi connectivity index (χ0v) is 8.77. The zero-order chi connectivity index (χ0) is 11.5. The number of hydrogen-bond acceptors (Lipinski definition) is 3. The molecule has 5 heteroatoms. The number of rotatable bonds is 2. The van der Waals surface area contributed by atoms with Gasteiger partial charge >= 0.3 is 11.8 Å². The highest BCUT2D eigenvalue weighted by Gasteiger charge is 2.28. The van der Waals surface area contributed by atoms with E-state index in [1.54, 1.807) is 6.07 Å². The number of nitrogens with two attached hydrogens (primary N) is 1. The molecular weight excluding hydrogens is 206 g/mol. The van der Waals surface area contributed by atoms with Gasteiger partial charge < -0.3 is 16.0 Å². The van der Waals surface area contributed by atoms with Gasteiger partial charge in [0.05, 0.1) is 0 Å². The SMILES string of the molecule is NCc1ccccc1N1CCNC(=O)C1=O. The molecule has 0 saturated carbocycles. The van der Waals surface area contributed by atoms with Crippen molar-refractivity contribution in [3.8, 4) is 0 Å². The number of piperazine rings is 1. The van der Waals surface area contributed by atoms with E-state index in [0.29, 0.717) is 19.6 Å². The van der Waals surface area contributed by atoms with Crippen molar-refractivity contribution in [1.29, 1.82) is 0 Å². The average Bonchev–Trinajstić information content (AvgIpc) is 2.33. The molecule has 1 fully saturated rings. The molecule has 0 aromatic heterocycles. The summed E-state index contributed by atoms with van der Waals surface area (Å²) in [7, 11) is 0. The van der Waals surface area contributed by atoms with Crippen LogP contribution in [0.4, 0.5) is 5.69 Å². The maximum absolute atomic E-state index is 11.7. The molecule has 0 radical (unpaired) electrons. The standard InChI is InChI=1S/C11H13N3O2/c12-7-8-3-1-2-4-9(8)14-6-5-13-10(15)11(14)16/h1-4H,5-7,12H2,(H,13,15). The van der Waals surface area contributed by atoms with Crippen molar-refractivity contribution in [2.45, 2.75) is 6.54 Å². The van der Waals surface area contributed by atoms with Gasteiger partial charge in [0.15, 0.2) is 0 Å². The number of carbonyl (C=O) groups excluding carboxylic acids is 2. The van der Waals surface area contributed by atoms with Gasteiger partial charge in [-0.25, -0.2) is 0 Å². The second kappa shape index (κ2) is 4.32. The number of anilines is 1. The maximum atomic E-state index is 11.7. The molecule has 1 aliphatic heterocycles. The van der Waals surface area contributed by atoms with Crippen LogP contribution in [-0.2, 0) is 16.1 Å². The lowest BCUT2D eigenvalue weighted by Crippen LogP contribution is -2.52. The van der Waals surface area contributed by atoms with Crippen LogP contribution in [0.25, 0.3) is 0 Å². The summed E-state index contributed by atoms with van der Waals surface area (Å²) in [5, 5.41) is 2.51. The quantitative estimate of drug-likeness (QED) is 0.665. The topological polar surface area (TPSA) is 75.4 Å². The molecule has 0 atom stereocenters. The molecule has 1 saturated heterocycles. The Kier molecular flexibility index (Phi) is 2.87. The minimum absolute atomic E-state index is 0.349. The smallest absolute Gasteiger partial charge is 0.316 e. The Balaban J connectivity index is 2.35. The van der Waals surface area contributed by atoms with Crippen LogP contribution in [-0.4, -0.2) is 24.9 Å². The summed E-state index contributed by atoms with van der Waals surface area (Å²) in [6.07, 6.45) is 0. The third-order valence-electron chi connectivity index (χ3n) is 2.56. The lowest BCUT2D eigenvalue weighted by molar-refractivity contribution is -0.138. The summed E-state index contributed by atoms with van der Waals surface area (Å²) in [5.74, 6) is -1.08. The Morgan fingerprint density at radius 3 is 2.81 bits per heavy atom. The first-order chi connectivity index (χ1) is 7.74. The van der Waals surface area contributed by atoms with E-state index < -0.39 is 11.8 Å². The van der Waals surface area contributed by atoms with Crippen LogP contribution in [0.5, 0.6) is 0 Å². The average molecular weight is 219 g/mol. The van der Waals surface area contributed by atoms with Gasteiger partial charge in [0.1, 0.15) is 0 Å². The Morgan fingerprint density at radius 1 is 1.31 bits per heavy atom. The first-order valence-electron chi connectivity index (χ1n) is 5.11. The van der Waals surface area contributed by atoms with Crippen LogP contribution in [0, 0.1) is 0 Å².